The molecule has 0 spiro atoms. The van der Waals surface area contributed by atoms with Gasteiger partial charge in [-0.3, -0.25) is 0 Å². The van der Waals surface area contributed by atoms with Crippen molar-refractivity contribution in [1.82, 2.24) is 15.5 Å². The minimum atomic E-state index is -2.76. The van der Waals surface area contributed by atoms with Crippen LogP contribution in [0.2, 0.25) is 0 Å². The van der Waals surface area contributed by atoms with Crippen molar-refractivity contribution >= 4 is 17.6 Å². The summed E-state index contributed by atoms with van der Waals surface area (Å²) < 4.78 is 32.7. The molecule has 0 unspecified atom stereocenters. The van der Waals surface area contributed by atoms with Crippen LogP contribution in [0.25, 0.3) is 11.5 Å². The summed E-state index contributed by atoms with van der Waals surface area (Å²) in [6, 6.07) is 16.2. The Balaban J connectivity index is 1.51. The Labute approximate surface area is 179 Å². The average Bonchev–Trinajstić information content (AvgIpc) is 3.25. The van der Waals surface area contributed by atoms with Crippen LogP contribution in [0.1, 0.15) is 36.3 Å². The van der Waals surface area contributed by atoms with Crippen molar-refractivity contribution in [2.75, 3.05) is 17.4 Å². The molecule has 1 N–H and O–H groups in total. The fraction of sp³-hybridized carbons (Fsp3) is 0.364. The third-order valence-corrected chi connectivity index (χ3v) is 6.37. The van der Waals surface area contributed by atoms with Gasteiger partial charge in [0.05, 0.1) is 6.54 Å². The zero-order valence-corrected chi connectivity index (χ0v) is 17.5. The molecule has 2 aromatic carbocycles. The molecule has 30 heavy (non-hydrogen) atoms. The van der Waals surface area contributed by atoms with E-state index in [4.69, 9.17) is 4.42 Å². The minimum absolute atomic E-state index is 0.108. The van der Waals surface area contributed by atoms with Gasteiger partial charge in [-0.1, -0.05) is 24.3 Å². The Kier molecular flexibility index (Phi) is 6.64. The van der Waals surface area contributed by atoms with Crippen molar-refractivity contribution in [3.63, 3.8) is 0 Å². The highest BCUT2D eigenvalue weighted by molar-refractivity contribution is 8.01. The van der Waals surface area contributed by atoms with Gasteiger partial charge in [-0.2, -0.15) is 8.78 Å². The first-order chi connectivity index (χ1) is 14.6. The van der Waals surface area contributed by atoms with Crippen molar-refractivity contribution in [2.24, 2.45) is 0 Å². The molecule has 2 heterocycles. The molecule has 0 amide bonds. The van der Waals surface area contributed by atoms with E-state index in [0.717, 1.165) is 38.0 Å². The summed E-state index contributed by atoms with van der Waals surface area (Å²) >= 11 is 1.90. The maximum Gasteiger partial charge on any atom is 0.314 e. The maximum atomic E-state index is 12.7. The van der Waals surface area contributed by atoms with Crippen LogP contribution in [0.4, 0.5) is 14.5 Å². The van der Waals surface area contributed by atoms with E-state index in [-0.39, 0.29) is 5.89 Å². The van der Waals surface area contributed by atoms with Gasteiger partial charge in [0, 0.05) is 16.5 Å². The monoisotopic (exact) mass is 430 g/mol. The lowest BCUT2D eigenvalue weighted by Crippen LogP contribution is -2.31. The molecule has 1 aliphatic rings. The van der Waals surface area contributed by atoms with Crippen LogP contribution in [0.15, 0.2) is 52.9 Å². The molecule has 1 aromatic heterocycles. The smallest absolute Gasteiger partial charge is 0.314 e. The van der Waals surface area contributed by atoms with Gasteiger partial charge < -0.3 is 14.0 Å². The molecule has 5 nitrogen and oxygen atoms in total. The molecule has 0 atom stereocenters. The summed E-state index contributed by atoms with van der Waals surface area (Å²) in [6.07, 6.45) is -0.467. The van der Waals surface area contributed by atoms with Gasteiger partial charge in [-0.15, -0.1) is 10.2 Å². The Morgan fingerprint density at radius 1 is 1.13 bits per heavy atom. The summed E-state index contributed by atoms with van der Waals surface area (Å²) in [5.41, 5.74) is 4.16. The molecule has 0 saturated carbocycles. The topological polar surface area (TPSA) is 54.2 Å². The quantitative estimate of drug-likeness (QED) is 0.507. The third-order valence-electron chi connectivity index (χ3n) is 5.01. The normalized spacial score (nSPS) is 14.9. The number of anilines is 1. The van der Waals surface area contributed by atoms with Crippen molar-refractivity contribution in [3.8, 4) is 11.5 Å². The van der Waals surface area contributed by atoms with Gasteiger partial charge in [0.2, 0.25) is 5.89 Å². The predicted octanol–water partition coefficient (Wildman–Crippen LogP) is 5.39. The van der Waals surface area contributed by atoms with E-state index in [2.05, 4.69) is 51.0 Å². The van der Waals surface area contributed by atoms with E-state index < -0.39 is 12.3 Å². The van der Waals surface area contributed by atoms with Crippen LogP contribution < -0.4 is 9.62 Å². The van der Waals surface area contributed by atoms with E-state index in [9.17, 15) is 8.78 Å². The molecule has 4 rings (SSSR count). The lowest BCUT2D eigenvalue weighted by atomic mass is 10.1. The number of alkyl halides is 2. The second-order valence-corrected chi connectivity index (χ2v) is 8.69. The molecule has 0 radical (unpaired) electrons. The molecule has 3 aromatic rings. The zero-order valence-electron chi connectivity index (χ0n) is 16.7. The fourth-order valence-electron chi connectivity index (χ4n) is 3.41. The number of benzene rings is 2. The van der Waals surface area contributed by atoms with Crippen molar-refractivity contribution in [1.29, 1.82) is 0 Å². The van der Waals surface area contributed by atoms with Crippen molar-refractivity contribution < 1.29 is 13.2 Å². The summed E-state index contributed by atoms with van der Waals surface area (Å²) in [6.45, 7) is 4.95. The second kappa shape index (κ2) is 9.57. The summed E-state index contributed by atoms with van der Waals surface area (Å²) in [7, 11) is 0. The average molecular weight is 431 g/mol. The highest BCUT2D eigenvalue weighted by atomic mass is 32.2. The van der Waals surface area contributed by atoms with Gasteiger partial charge in [0.15, 0.2) is 0 Å². The number of hydrogen-bond acceptors (Lipinski definition) is 6. The highest BCUT2D eigenvalue weighted by Gasteiger charge is 2.20. The molecule has 1 fully saturated rings. The fourth-order valence-corrected chi connectivity index (χ4v) is 4.68. The molecular weight excluding hydrogens is 406 g/mol. The van der Waals surface area contributed by atoms with E-state index in [1.165, 1.54) is 11.3 Å². The van der Waals surface area contributed by atoms with Gasteiger partial charge in [0.1, 0.15) is 0 Å². The van der Waals surface area contributed by atoms with Crippen molar-refractivity contribution in [2.45, 2.75) is 38.0 Å². The number of piperidine rings is 1. The van der Waals surface area contributed by atoms with Crippen LogP contribution in [-0.2, 0) is 6.54 Å². The molecule has 0 bridgehead atoms. The number of halogens is 2. The van der Waals surface area contributed by atoms with Crippen LogP contribution in [0.5, 0.6) is 0 Å². The third kappa shape index (κ3) is 5.17. The summed E-state index contributed by atoms with van der Waals surface area (Å²) in [5, 5.41) is 11.1. The number of nitrogens with zero attached hydrogens (tertiary/aromatic N) is 3. The number of aromatic nitrogens is 2. The lowest BCUT2D eigenvalue weighted by molar-refractivity contribution is 0.116. The number of rotatable bonds is 7. The first kappa shape index (κ1) is 20.8. The van der Waals surface area contributed by atoms with Gasteiger partial charge in [-0.05, 0) is 80.2 Å². The maximum absolute atomic E-state index is 12.7. The van der Waals surface area contributed by atoms with Crippen LogP contribution >= 0.6 is 11.9 Å². The highest BCUT2D eigenvalue weighted by Crippen LogP contribution is 2.32. The van der Waals surface area contributed by atoms with Gasteiger partial charge >= 0.3 is 6.43 Å². The summed E-state index contributed by atoms with van der Waals surface area (Å²) in [5.74, 6) is -0.547. The Morgan fingerprint density at radius 3 is 2.57 bits per heavy atom. The molecule has 0 aliphatic carbocycles. The number of aryl methyl sites for hydroxylation is 1. The number of hydrogen-bond donors (Lipinski definition) is 1. The van der Waals surface area contributed by atoms with Crippen LogP contribution in [-0.4, -0.2) is 28.5 Å². The van der Waals surface area contributed by atoms with E-state index in [0.29, 0.717) is 10.8 Å². The van der Waals surface area contributed by atoms with E-state index in [1.54, 1.807) is 0 Å². The van der Waals surface area contributed by atoms with E-state index >= 15 is 0 Å². The van der Waals surface area contributed by atoms with Gasteiger partial charge in [0.25, 0.3) is 5.89 Å². The van der Waals surface area contributed by atoms with E-state index in [1.807, 2.05) is 36.2 Å². The second-order valence-electron chi connectivity index (χ2n) is 7.37. The van der Waals surface area contributed by atoms with Crippen molar-refractivity contribution in [3.05, 3.63) is 65.5 Å². The first-order valence-corrected chi connectivity index (χ1v) is 10.8. The molecule has 1 aliphatic heterocycles. The largest absolute Gasteiger partial charge is 0.415 e. The molecule has 8 heteroatoms. The predicted molar refractivity (Wildman–Crippen MR) is 116 cm³/mol. The van der Waals surface area contributed by atoms with Crippen LogP contribution in [0.3, 0.4) is 0 Å². The number of nitrogens with one attached hydrogen (secondary N) is 1. The van der Waals surface area contributed by atoms with Crippen LogP contribution in [0, 0.1) is 6.92 Å². The SMILES string of the molecule is Cc1cccc(N(Cc2ccc(-c3nnc(C(F)F)o3)cc2)SC2CCNCC2)c1. The standard InChI is InChI=1S/C22H24F2N4OS/c1-15-3-2-4-18(13-15)28(30-19-9-11-25-12-10-19)14-16-5-7-17(8-6-16)21-26-27-22(29-21)20(23)24/h2-8,13,19-20,25H,9-12,14H2,1H3. The zero-order chi connectivity index (χ0) is 20.9. The Morgan fingerprint density at radius 2 is 1.90 bits per heavy atom. The molecular formula is C22H24F2N4OS. The Bertz CT molecular complexity index is 958. The molecule has 158 valence electrons. The first-order valence-electron chi connectivity index (χ1n) is 10.0. The summed E-state index contributed by atoms with van der Waals surface area (Å²) in [4.78, 5) is 0. The lowest BCUT2D eigenvalue weighted by Gasteiger charge is -2.30. The van der Waals surface area contributed by atoms with Gasteiger partial charge in [-0.25, -0.2) is 0 Å². The Hall–Kier alpha value is -2.45. The molecule has 1 saturated heterocycles. The minimum Gasteiger partial charge on any atom is -0.415 e.